The summed E-state index contributed by atoms with van der Waals surface area (Å²) in [4.78, 5) is 19.6. The molecule has 1 saturated heterocycles. The van der Waals surface area contributed by atoms with Crippen molar-refractivity contribution < 1.29 is 4.79 Å². The van der Waals surface area contributed by atoms with Gasteiger partial charge < -0.3 is 10.2 Å². The van der Waals surface area contributed by atoms with Gasteiger partial charge in [-0.25, -0.2) is 0 Å². The van der Waals surface area contributed by atoms with Gasteiger partial charge in [-0.2, -0.15) is 0 Å². The zero-order valence-corrected chi connectivity index (χ0v) is 16.7. The maximum absolute atomic E-state index is 12.5. The number of nitrogens with one attached hydrogen (secondary N) is 1. The zero-order chi connectivity index (χ0) is 17.7. The summed E-state index contributed by atoms with van der Waals surface area (Å²) in [7, 11) is 2.18. The maximum atomic E-state index is 12.5. The van der Waals surface area contributed by atoms with Crippen molar-refractivity contribution in [3.05, 3.63) is 21.4 Å². The van der Waals surface area contributed by atoms with Crippen LogP contribution in [-0.4, -0.2) is 61.5 Å². The fourth-order valence-electron chi connectivity index (χ4n) is 3.37. The van der Waals surface area contributed by atoms with E-state index in [0.717, 1.165) is 50.4 Å². The molecule has 136 valence electrons. The second-order valence-corrected chi connectivity index (χ2v) is 8.56. The minimum absolute atomic E-state index is 0.0882. The first-order valence-electron chi connectivity index (χ1n) is 9.22. The van der Waals surface area contributed by atoms with Crippen LogP contribution in [0, 0.1) is 12.8 Å². The topological polar surface area (TPSA) is 35.6 Å². The van der Waals surface area contributed by atoms with Crippen LogP contribution in [-0.2, 0) is 6.42 Å². The van der Waals surface area contributed by atoms with Gasteiger partial charge in [0.05, 0.1) is 4.88 Å². The van der Waals surface area contributed by atoms with Crippen LogP contribution in [0.25, 0.3) is 0 Å². The van der Waals surface area contributed by atoms with Gasteiger partial charge >= 0.3 is 0 Å². The summed E-state index contributed by atoms with van der Waals surface area (Å²) in [5, 5.41) is 3.19. The van der Waals surface area contributed by atoms with Gasteiger partial charge in [0, 0.05) is 43.6 Å². The van der Waals surface area contributed by atoms with Gasteiger partial charge in [-0.3, -0.25) is 9.69 Å². The van der Waals surface area contributed by atoms with E-state index in [1.165, 1.54) is 10.4 Å². The lowest BCUT2D eigenvalue weighted by Gasteiger charge is -2.39. The van der Waals surface area contributed by atoms with Gasteiger partial charge in [-0.15, -0.1) is 11.3 Å². The first-order valence-corrected chi connectivity index (χ1v) is 10.0. The standard InChI is InChI=1S/C19H33N3OS/c1-6-7-16-12-18(24-15(16)4)19(23)20-13-17(14(2)3)22-10-8-21(5)9-11-22/h12,14,17H,6-11,13H2,1-5H3,(H,20,23). The Morgan fingerprint density at radius 1 is 1.29 bits per heavy atom. The lowest BCUT2D eigenvalue weighted by molar-refractivity contribution is 0.0793. The predicted octanol–water partition coefficient (Wildman–Crippen LogP) is 3.01. The second kappa shape index (κ2) is 8.97. The molecule has 2 heterocycles. The van der Waals surface area contributed by atoms with Crippen molar-refractivity contribution in [3.8, 4) is 0 Å². The van der Waals surface area contributed by atoms with Crippen LogP contribution >= 0.6 is 11.3 Å². The number of carbonyl (C=O) groups is 1. The number of thiophene rings is 1. The molecule has 1 aliphatic heterocycles. The monoisotopic (exact) mass is 351 g/mol. The number of piperazine rings is 1. The van der Waals surface area contributed by atoms with Gasteiger partial charge in [-0.1, -0.05) is 27.2 Å². The molecule has 4 nitrogen and oxygen atoms in total. The molecule has 1 atom stereocenters. The lowest BCUT2D eigenvalue weighted by Crippen LogP contribution is -2.54. The minimum atomic E-state index is 0.0882. The van der Waals surface area contributed by atoms with Crippen LogP contribution in [0.3, 0.4) is 0 Å². The van der Waals surface area contributed by atoms with Crippen LogP contribution in [0.2, 0.25) is 0 Å². The number of amides is 1. The van der Waals surface area contributed by atoms with E-state index < -0.39 is 0 Å². The fourth-order valence-corrected chi connectivity index (χ4v) is 4.36. The van der Waals surface area contributed by atoms with Crippen molar-refractivity contribution in [2.75, 3.05) is 39.8 Å². The highest BCUT2D eigenvalue weighted by molar-refractivity contribution is 7.14. The van der Waals surface area contributed by atoms with Crippen molar-refractivity contribution >= 4 is 17.2 Å². The molecule has 1 unspecified atom stereocenters. The van der Waals surface area contributed by atoms with Crippen LogP contribution in [0.1, 0.15) is 47.3 Å². The largest absolute Gasteiger partial charge is 0.350 e. The molecule has 0 bridgehead atoms. The van der Waals surface area contributed by atoms with E-state index in [4.69, 9.17) is 0 Å². The Bertz CT molecular complexity index is 533. The third-order valence-corrected chi connectivity index (χ3v) is 6.10. The maximum Gasteiger partial charge on any atom is 0.261 e. The molecule has 1 aromatic rings. The molecule has 24 heavy (non-hydrogen) atoms. The molecule has 1 N–H and O–H groups in total. The molecule has 0 saturated carbocycles. The SMILES string of the molecule is CCCc1cc(C(=O)NCC(C(C)C)N2CCN(C)CC2)sc1C. The third kappa shape index (κ3) is 5.04. The number of carbonyl (C=O) groups excluding carboxylic acids is 1. The quantitative estimate of drug-likeness (QED) is 0.820. The molecule has 2 rings (SSSR count). The normalized spacial score (nSPS) is 18.1. The van der Waals surface area contributed by atoms with Crippen molar-refractivity contribution in [1.29, 1.82) is 0 Å². The minimum Gasteiger partial charge on any atom is -0.350 e. The van der Waals surface area contributed by atoms with Gasteiger partial charge in [0.1, 0.15) is 0 Å². The number of hydrogen-bond donors (Lipinski definition) is 1. The Balaban J connectivity index is 1.93. The summed E-state index contributed by atoms with van der Waals surface area (Å²) >= 11 is 1.63. The van der Waals surface area contributed by atoms with Crippen molar-refractivity contribution in [1.82, 2.24) is 15.1 Å². The highest BCUT2D eigenvalue weighted by Gasteiger charge is 2.25. The number of hydrogen-bond acceptors (Lipinski definition) is 4. The molecule has 1 amide bonds. The highest BCUT2D eigenvalue weighted by atomic mass is 32.1. The number of rotatable bonds is 7. The Morgan fingerprint density at radius 3 is 2.54 bits per heavy atom. The van der Waals surface area contributed by atoms with Crippen LogP contribution in [0.5, 0.6) is 0 Å². The number of nitrogens with zero attached hydrogens (tertiary/aromatic N) is 2. The second-order valence-electron chi connectivity index (χ2n) is 7.30. The van der Waals surface area contributed by atoms with Crippen LogP contribution < -0.4 is 5.32 Å². The Hall–Kier alpha value is -0.910. The van der Waals surface area contributed by atoms with E-state index >= 15 is 0 Å². The summed E-state index contributed by atoms with van der Waals surface area (Å²) in [6.45, 7) is 14.0. The molecular formula is C19H33N3OS. The van der Waals surface area contributed by atoms with Crippen molar-refractivity contribution in [2.45, 2.75) is 46.6 Å². The Kier molecular flexibility index (Phi) is 7.26. The van der Waals surface area contributed by atoms with Gasteiger partial charge in [0.25, 0.3) is 5.91 Å². The third-order valence-electron chi connectivity index (χ3n) is 5.01. The van der Waals surface area contributed by atoms with E-state index in [2.05, 4.69) is 55.9 Å². The average Bonchev–Trinajstić information content (AvgIpc) is 2.90. The summed E-state index contributed by atoms with van der Waals surface area (Å²) in [5.41, 5.74) is 1.33. The molecule has 1 aliphatic rings. The summed E-state index contributed by atoms with van der Waals surface area (Å²) in [6.07, 6.45) is 2.18. The van der Waals surface area contributed by atoms with E-state index in [-0.39, 0.29) is 5.91 Å². The molecule has 0 spiro atoms. The summed E-state index contributed by atoms with van der Waals surface area (Å²) in [6, 6.07) is 2.50. The lowest BCUT2D eigenvalue weighted by atomic mass is 10.0. The zero-order valence-electron chi connectivity index (χ0n) is 15.9. The summed E-state index contributed by atoms with van der Waals surface area (Å²) in [5.74, 6) is 0.625. The van der Waals surface area contributed by atoms with Gasteiger partial charge in [-0.05, 0) is 37.9 Å². The average molecular weight is 352 g/mol. The van der Waals surface area contributed by atoms with E-state index in [1.54, 1.807) is 11.3 Å². The Morgan fingerprint density at radius 2 is 1.96 bits per heavy atom. The molecule has 5 heteroatoms. The molecule has 1 aromatic heterocycles. The highest BCUT2D eigenvalue weighted by Crippen LogP contribution is 2.23. The summed E-state index contributed by atoms with van der Waals surface area (Å²) < 4.78 is 0. The van der Waals surface area contributed by atoms with E-state index in [0.29, 0.717) is 12.0 Å². The molecule has 0 aliphatic carbocycles. The van der Waals surface area contributed by atoms with Gasteiger partial charge in [0.15, 0.2) is 0 Å². The van der Waals surface area contributed by atoms with Crippen molar-refractivity contribution in [2.24, 2.45) is 5.92 Å². The first-order chi connectivity index (χ1) is 11.4. The molecule has 1 fully saturated rings. The fraction of sp³-hybridized carbons (Fsp3) is 0.737. The van der Waals surface area contributed by atoms with Crippen LogP contribution in [0.15, 0.2) is 6.07 Å². The number of aryl methyl sites for hydroxylation is 2. The van der Waals surface area contributed by atoms with Crippen LogP contribution in [0.4, 0.5) is 0 Å². The predicted molar refractivity (Wildman–Crippen MR) is 103 cm³/mol. The molecule has 0 radical (unpaired) electrons. The first kappa shape index (κ1) is 19.4. The molecule has 0 aromatic carbocycles. The molecular weight excluding hydrogens is 318 g/mol. The van der Waals surface area contributed by atoms with E-state index in [9.17, 15) is 4.79 Å². The smallest absolute Gasteiger partial charge is 0.261 e. The Labute approximate surface area is 151 Å². The van der Waals surface area contributed by atoms with Gasteiger partial charge in [0.2, 0.25) is 0 Å². The number of likely N-dealkylation sites (N-methyl/N-ethyl adjacent to an activating group) is 1. The van der Waals surface area contributed by atoms with E-state index in [1.807, 2.05) is 0 Å². The van der Waals surface area contributed by atoms with Crippen molar-refractivity contribution in [3.63, 3.8) is 0 Å².